The number of carbonyl (C=O) groups excluding carboxylic acids is 3. The van der Waals surface area contributed by atoms with Crippen LogP contribution in [-0.4, -0.2) is 35.3 Å². The summed E-state index contributed by atoms with van der Waals surface area (Å²) in [5, 5.41) is 5.35. The van der Waals surface area contributed by atoms with Gasteiger partial charge in [0.2, 0.25) is 5.91 Å². The van der Waals surface area contributed by atoms with Gasteiger partial charge >= 0.3 is 6.03 Å². The van der Waals surface area contributed by atoms with Gasteiger partial charge in [0.05, 0.1) is 6.26 Å². The molecule has 1 aliphatic rings. The fourth-order valence-electron chi connectivity index (χ4n) is 2.18. The van der Waals surface area contributed by atoms with E-state index in [2.05, 4.69) is 10.6 Å². The second-order valence-electron chi connectivity index (χ2n) is 6.02. The number of hydrogen-bond donors (Lipinski definition) is 2. The predicted molar refractivity (Wildman–Crippen MR) is 78.7 cm³/mol. The monoisotopic (exact) mass is 307 g/mol. The Bertz CT molecular complexity index is 582. The van der Waals surface area contributed by atoms with Gasteiger partial charge in [-0.3, -0.25) is 14.5 Å². The van der Waals surface area contributed by atoms with Gasteiger partial charge < -0.3 is 15.1 Å². The molecule has 2 unspecified atom stereocenters. The Morgan fingerprint density at radius 3 is 2.64 bits per heavy atom. The van der Waals surface area contributed by atoms with Gasteiger partial charge in [-0.1, -0.05) is 13.8 Å². The van der Waals surface area contributed by atoms with E-state index in [1.54, 1.807) is 19.1 Å². The third-order valence-corrected chi connectivity index (χ3v) is 3.98. The molecule has 1 aliphatic heterocycles. The Hall–Kier alpha value is -2.31. The molecule has 2 heterocycles. The lowest BCUT2D eigenvalue weighted by atomic mass is 9.99. The van der Waals surface area contributed by atoms with Gasteiger partial charge in [-0.25, -0.2) is 4.79 Å². The van der Waals surface area contributed by atoms with Crippen LogP contribution in [0.3, 0.4) is 0 Å². The van der Waals surface area contributed by atoms with Crippen molar-refractivity contribution in [3.63, 3.8) is 0 Å². The minimum Gasteiger partial charge on any atom is -0.466 e. The van der Waals surface area contributed by atoms with Crippen molar-refractivity contribution in [3.05, 3.63) is 24.2 Å². The molecule has 0 radical (unpaired) electrons. The molecule has 120 valence electrons. The van der Waals surface area contributed by atoms with E-state index in [0.717, 1.165) is 4.90 Å². The normalized spacial score (nSPS) is 22.9. The van der Waals surface area contributed by atoms with E-state index in [9.17, 15) is 14.4 Å². The number of imide groups is 1. The van der Waals surface area contributed by atoms with E-state index < -0.39 is 17.5 Å². The van der Waals surface area contributed by atoms with Gasteiger partial charge in [0.15, 0.2) is 5.54 Å². The molecule has 1 saturated heterocycles. The van der Waals surface area contributed by atoms with Gasteiger partial charge in [0.1, 0.15) is 12.3 Å². The number of urea groups is 1. The second kappa shape index (κ2) is 5.82. The highest BCUT2D eigenvalue weighted by Crippen LogP contribution is 2.28. The quantitative estimate of drug-likeness (QED) is 0.800. The molecule has 7 nitrogen and oxygen atoms in total. The van der Waals surface area contributed by atoms with E-state index in [1.165, 1.54) is 6.26 Å². The Morgan fingerprint density at radius 2 is 2.09 bits per heavy atom. The Kier molecular flexibility index (Phi) is 4.25. The summed E-state index contributed by atoms with van der Waals surface area (Å²) in [5.41, 5.74) is -1.27. The maximum atomic E-state index is 12.5. The highest BCUT2D eigenvalue weighted by molar-refractivity contribution is 6.08. The number of nitrogens with zero attached hydrogens (tertiary/aromatic N) is 1. The summed E-state index contributed by atoms with van der Waals surface area (Å²) in [5.74, 6) is -0.266. The lowest BCUT2D eigenvalue weighted by molar-refractivity contribution is -0.135. The molecule has 2 rings (SSSR count). The van der Waals surface area contributed by atoms with Crippen LogP contribution >= 0.6 is 0 Å². The van der Waals surface area contributed by atoms with Crippen molar-refractivity contribution in [1.82, 2.24) is 15.5 Å². The van der Waals surface area contributed by atoms with Crippen LogP contribution in [0.4, 0.5) is 4.79 Å². The zero-order chi connectivity index (χ0) is 16.5. The standard InChI is InChI=1S/C15H21N3O4/c1-9(2)10(3)16-12(19)8-18-13(20)15(4,17-14(18)21)11-6-5-7-22-11/h5-7,9-10H,8H2,1-4H3,(H,16,19)(H,17,21). The first kappa shape index (κ1) is 16.1. The molecule has 1 aromatic heterocycles. The summed E-state index contributed by atoms with van der Waals surface area (Å²) in [6, 6.07) is 2.61. The molecular weight excluding hydrogens is 286 g/mol. The average molecular weight is 307 g/mol. The maximum absolute atomic E-state index is 12.5. The molecule has 4 amide bonds. The van der Waals surface area contributed by atoms with Gasteiger partial charge in [-0.15, -0.1) is 0 Å². The van der Waals surface area contributed by atoms with Crippen LogP contribution in [0.5, 0.6) is 0 Å². The van der Waals surface area contributed by atoms with E-state index in [1.807, 2.05) is 20.8 Å². The molecule has 22 heavy (non-hydrogen) atoms. The number of furan rings is 1. The summed E-state index contributed by atoms with van der Waals surface area (Å²) >= 11 is 0. The van der Waals surface area contributed by atoms with Crippen LogP contribution in [0.1, 0.15) is 33.5 Å². The Labute approximate surface area is 129 Å². The van der Waals surface area contributed by atoms with Gasteiger partial charge in [-0.05, 0) is 31.9 Å². The molecule has 1 fully saturated rings. The van der Waals surface area contributed by atoms with Crippen molar-refractivity contribution in [2.24, 2.45) is 5.92 Å². The van der Waals surface area contributed by atoms with Crippen LogP contribution in [0.15, 0.2) is 22.8 Å². The van der Waals surface area contributed by atoms with Crippen LogP contribution in [0.2, 0.25) is 0 Å². The first-order valence-electron chi connectivity index (χ1n) is 7.23. The third kappa shape index (κ3) is 2.84. The second-order valence-corrected chi connectivity index (χ2v) is 6.02. The Morgan fingerprint density at radius 1 is 1.41 bits per heavy atom. The van der Waals surface area contributed by atoms with Crippen molar-refractivity contribution >= 4 is 17.8 Å². The summed E-state index contributed by atoms with van der Waals surface area (Å²) < 4.78 is 5.23. The molecule has 0 aromatic carbocycles. The lowest BCUT2D eigenvalue weighted by Gasteiger charge is -2.21. The molecule has 0 saturated carbocycles. The van der Waals surface area contributed by atoms with Gasteiger partial charge in [0.25, 0.3) is 5.91 Å². The minimum absolute atomic E-state index is 0.0373. The maximum Gasteiger partial charge on any atom is 0.325 e. The van der Waals surface area contributed by atoms with Crippen molar-refractivity contribution in [2.45, 2.75) is 39.3 Å². The van der Waals surface area contributed by atoms with Crippen molar-refractivity contribution in [2.75, 3.05) is 6.54 Å². The first-order chi connectivity index (χ1) is 10.3. The minimum atomic E-state index is -1.27. The number of amides is 4. The SMILES string of the molecule is CC(C)C(C)NC(=O)CN1C(=O)NC(C)(c2ccco2)C1=O. The van der Waals surface area contributed by atoms with Crippen molar-refractivity contribution in [3.8, 4) is 0 Å². The summed E-state index contributed by atoms with van der Waals surface area (Å²) in [7, 11) is 0. The number of carbonyl (C=O) groups is 3. The summed E-state index contributed by atoms with van der Waals surface area (Å²) in [4.78, 5) is 37.4. The number of hydrogen-bond acceptors (Lipinski definition) is 4. The third-order valence-electron chi connectivity index (χ3n) is 3.98. The highest BCUT2D eigenvalue weighted by Gasteiger charge is 2.51. The van der Waals surface area contributed by atoms with E-state index >= 15 is 0 Å². The molecule has 2 N–H and O–H groups in total. The fourth-order valence-corrected chi connectivity index (χ4v) is 2.18. The van der Waals surface area contributed by atoms with Crippen molar-refractivity contribution < 1.29 is 18.8 Å². The van der Waals surface area contributed by atoms with Crippen molar-refractivity contribution in [1.29, 1.82) is 0 Å². The summed E-state index contributed by atoms with van der Waals surface area (Å²) in [6.07, 6.45) is 1.43. The molecule has 2 atom stereocenters. The first-order valence-corrected chi connectivity index (χ1v) is 7.23. The average Bonchev–Trinajstić information content (AvgIpc) is 3.03. The smallest absolute Gasteiger partial charge is 0.325 e. The fraction of sp³-hybridized carbons (Fsp3) is 0.533. The molecule has 7 heteroatoms. The zero-order valence-electron chi connectivity index (χ0n) is 13.2. The van der Waals surface area contributed by atoms with E-state index in [-0.39, 0.29) is 24.4 Å². The topological polar surface area (TPSA) is 91.7 Å². The van der Waals surface area contributed by atoms with Gasteiger partial charge in [-0.2, -0.15) is 0 Å². The largest absolute Gasteiger partial charge is 0.466 e. The predicted octanol–water partition coefficient (Wildman–Crippen LogP) is 1.21. The van der Waals surface area contributed by atoms with Crippen LogP contribution in [0.25, 0.3) is 0 Å². The van der Waals surface area contributed by atoms with Crippen LogP contribution in [0, 0.1) is 5.92 Å². The van der Waals surface area contributed by atoms with Gasteiger partial charge in [0, 0.05) is 6.04 Å². The summed E-state index contributed by atoms with van der Waals surface area (Å²) in [6.45, 7) is 7.08. The molecular formula is C15H21N3O4. The molecule has 0 bridgehead atoms. The van der Waals surface area contributed by atoms with Crippen LogP contribution in [-0.2, 0) is 15.1 Å². The number of rotatable bonds is 5. The highest BCUT2D eigenvalue weighted by atomic mass is 16.3. The molecule has 1 aromatic rings. The Balaban J connectivity index is 2.08. The molecule has 0 aliphatic carbocycles. The zero-order valence-corrected chi connectivity index (χ0v) is 13.2. The number of nitrogens with one attached hydrogen (secondary N) is 2. The molecule has 0 spiro atoms. The van der Waals surface area contributed by atoms with E-state index in [4.69, 9.17) is 4.42 Å². The lowest BCUT2D eigenvalue weighted by Crippen LogP contribution is -2.45. The van der Waals surface area contributed by atoms with E-state index in [0.29, 0.717) is 5.76 Å². The van der Waals surface area contributed by atoms with Crippen LogP contribution < -0.4 is 10.6 Å².